The highest BCUT2D eigenvalue weighted by atomic mass is 32.2. The lowest BCUT2D eigenvalue weighted by Gasteiger charge is -2.21. The Balaban J connectivity index is 2.20. The van der Waals surface area contributed by atoms with E-state index in [1.165, 1.54) is 18.2 Å². The summed E-state index contributed by atoms with van der Waals surface area (Å²) in [4.78, 5) is 36.8. The zero-order valence-corrected chi connectivity index (χ0v) is 18.4. The van der Waals surface area contributed by atoms with Gasteiger partial charge in [0.25, 0.3) is 15.6 Å². The van der Waals surface area contributed by atoms with Crippen molar-refractivity contribution in [1.82, 2.24) is 9.13 Å². The summed E-state index contributed by atoms with van der Waals surface area (Å²) in [7, 11) is -4.16. The molecule has 2 heterocycles. The molecule has 3 rings (SSSR count). The van der Waals surface area contributed by atoms with Crippen LogP contribution >= 0.6 is 0 Å². The zero-order chi connectivity index (χ0) is 23.6. The molecule has 172 valence electrons. The largest absolute Gasteiger partial charge is 0.494 e. The monoisotopic (exact) mass is 464 g/mol. The minimum Gasteiger partial charge on any atom is -0.494 e. The van der Waals surface area contributed by atoms with E-state index in [-0.39, 0.29) is 42.4 Å². The lowest BCUT2D eigenvalue weighted by atomic mass is 10.1. The third kappa shape index (κ3) is 4.59. The molecule has 2 aromatic rings. The Morgan fingerprint density at radius 3 is 2.50 bits per heavy atom. The first-order valence-corrected chi connectivity index (χ1v) is 11.5. The van der Waals surface area contributed by atoms with E-state index in [1.807, 2.05) is 13.8 Å². The lowest BCUT2D eigenvalue weighted by molar-refractivity contribution is -0.137. The number of fused-ring (bicyclic) bond motifs is 1. The average molecular weight is 465 g/mol. The lowest BCUT2D eigenvalue weighted by Crippen LogP contribution is -2.44. The van der Waals surface area contributed by atoms with E-state index in [2.05, 4.69) is 9.71 Å². The Hall–Kier alpha value is -3.41. The molecule has 1 aromatic carbocycles. The van der Waals surface area contributed by atoms with E-state index < -0.39 is 44.5 Å². The van der Waals surface area contributed by atoms with Crippen molar-refractivity contribution >= 4 is 27.5 Å². The van der Waals surface area contributed by atoms with Crippen LogP contribution in [0.2, 0.25) is 0 Å². The molecule has 0 fully saturated rings. The van der Waals surface area contributed by atoms with Crippen LogP contribution in [0.15, 0.2) is 43.1 Å². The van der Waals surface area contributed by atoms with Crippen molar-refractivity contribution < 1.29 is 23.4 Å². The Morgan fingerprint density at radius 1 is 1.16 bits per heavy atom. The van der Waals surface area contributed by atoms with Crippen molar-refractivity contribution in [2.24, 2.45) is 10.3 Å². The molecule has 0 atom stereocenters. The third-order valence-corrected chi connectivity index (χ3v) is 6.30. The standard InChI is InChI=1S/C20H24N4O7S/c1-12(2)9-11-24-19(28)16(18(27)23(20(24)29)10-5-8-15(25)26)17-21-13-6-3-4-7-14(13)32(30,31)22-17/h3-4,6-7,12,27H,5,8-11H2,1-2H3,(H,21,22)(H,25,26). The van der Waals surface area contributed by atoms with Crippen molar-refractivity contribution in [1.29, 1.82) is 0 Å². The molecule has 0 amide bonds. The van der Waals surface area contributed by atoms with Crippen molar-refractivity contribution in [3.63, 3.8) is 0 Å². The highest BCUT2D eigenvalue weighted by molar-refractivity contribution is 7.90. The van der Waals surface area contributed by atoms with Crippen LogP contribution in [-0.4, -0.2) is 39.6 Å². The number of aromatic nitrogens is 2. The number of carbonyl (C=O) groups is 1. The molecule has 0 saturated heterocycles. The highest BCUT2D eigenvalue weighted by Gasteiger charge is 2.30. The van der Waals surface area contributed by atoms with Crippen LogP contribution < -0.4 is 16.6 Å². The molecule has 0 bridgehead atoms. The van der Waals surface area contributed by atoms with E-state index in [1.54, 1.807) is 6.07 Å². The molecule has 1 aromatic heterocycles. The van der Waals surface area contributed by atoms with Crippen LogP contribution in [0, 0.1) is 5.92 Å². The number of rotatable bonds is 8. The number of nitrogens with one attached hydrogen (secondary N) is 1. The number of carboxylic acids is 1. The van der Waals surface area contributed by atoms with Crippen molar-refractivity contribution in [2.45, 2.75) is 51.1 Å². The second-order valence-corrected chi connectivity index (χ2v) is 9.38. The molecule has 32 heavy (non-hydrogen) atoms. The van der Waals surface area contributed by atoms with E-state index in [0.29, 0.717) is 6.42 Å². The van der Waals surface area contributed by atoms with E-state index >= 15 is 0 Å². The second kappa shape index (κ2) is 8.99. The zero-order valence-electron chi connectivity index (χ0n) is 17.6. The van der Waals surface area contributed by atoms with E-state index in [4.69, 9.17) is 5.11 Å². The van der Waals surface area contributed by atoms with Gasteiger partial charge in [-0.25, -0.2) is 4.79 Å². The van der Waals surface area contributed by atoms with Crippen molar-refractivity contribution in [3.8, 4) is 5.88 Å². The summed E-state index contributed by atoms with van der Waals surface area (Å²) in [5.74, 6) is -2.09. The molecular formula is C20H24N4O7S. The predicted molar refractivity (Wildman–Crippen MR) is 117 cm³/mol. The Kier molecular flexibility index (Phi) is 6.53. The predicted octanol–water partition coefficient (Wildman–Crippen LogP) is 1.19. The number of para-hydroxylation sites is 1. The highest BCUT2D eigenvalue weighted by Crippen LogP contribution is 2.29. The average Bonchev–Trinajstić information content (AvgIpc) is 2.69. The molecule has 0 aliphatic carbocycles. The number of anilines is 1. The maximum absolute atomic E-state index is 13.2. The summed E-state index contributed by atoms with van der Waals surface area (Å²) in [5, 5.41) is 22.4. The molecule has 11 nitrogen and oxygen atoms in total. The van der Waals surface area contributed by atoms with Gasteiger partial charge in [0.05, 0.1) is 5.69 Å². The minimum absolute atomic E-state index is 0.0195. The van der Waals surface area contributed by atoms with Crippen molar-refractivity contribution in [3.05, 3.63) is 50.7 Å². The normalized spacial score (nSPS) is 14.5. The molecular weight excluding hydrogens is 440 g/mol. The van der Waals surface area contributed by atoms with Gasteiger partial charge in [-0.1, -0.05) is 26.0 Å². The number of nitrogens with zero attached hydrogens (tertiary/aromatic N) is 3. The summed E-state index contributed by atoms with van der Waals surface area (Å²) < 4.78 is 30.7. The van der Waals surface area contributed by atoms with E-state index in [0.717, 1.165) is 9.13 Å². The van der Waals surface area contributed by atoms with Gasteiger partial charge < -0.3 is 15.5 Å². The molecule has 3 N–H and O–H groups in total. The third-order valence-electron chi connectivity index (χ3n) is 4.97. The van der Waals surface area contributed by atoms with Gasteiger partial charge in [-0.3, -0.25) is 18.7 Å². The van der Waals surface area contributed by atoms with Gasteiger partial charge in [-0.15, -0.1) is 4.40 Å². The smallest absolute Gasteiger partial charge is 0.333 e. The van der Waals surface area contributed by atoms with Gasteiger partial charge in [-0.05, 0) is 30.9 Å². The SMILES string of the molecule is CC(C)CCn1c(=O)c(C2=NS(=O)(=O)c3ccccc3N2)c(O)n(CCCC(=O)O)c1=O. The molecule has 1 aliphatic heterocycles. The van der Waals surface area contributed by atoms with Gasteiger partial charge in [0, 0.05) is 19.5 Å². The topological polar surface area (TPSA) is 160 Å². The first-order valence-electron chi connectivity index (χ1n) is 10.0. The molecule has 0 spiro atoms. The number of amidine groups is 1. The van der Waals surface area contributed by atoms with Crippen LogP contribution in [-0.2, 0) is 27.9 Å². The van der Waals surface area contributed by atoms with Gasteiger partial charge in [0.1, 0.15) is 10.5 Å². The molecule has 0 saturated carbocycles. The summed E-state index contributed by atoms with van der Waals surface area (Å²) in [5.41, 5.74) is -1.99. The van der Waals surface area contributed by atoms with E-state index in [9.17, 15) is 27.9 Å². The number of sulfonamides is 1. The Labute approximate surface area is 183 Å². The fraction of sp³-hybridized carbons (Fsp3) is 0.400. The number of carboxylic acid groups (broad SMARTS) is 1. The summed E-state index contributed by atoms with van der Waals surface area (Å²) in [6.45, 7) is 3.68. The van der Waals surface area contributed by atoms with Gasteiger partial charge in [-0.2, -0.15) is 8.42 Å². The second-order valence-electron chi connectivity index (χ2n) is 7.81. The summed E-state index contributed by atoms with van der Waals surface area (Å²) >= 11 is 0. The number of aromatic hydroxyl groups is 1. The van der Waals surface area contributed by atoms with Gasteiger partial charge in [0.15, 0.2) is 5.84 Å². The van der Waals surface area contributed by atoms with Crippen LogP contribution in [0.5, 0.6) is 5.88 Å². The summed E-state index contributed by atoms with van der Waals surface area (Å²) in [6.07, 6.45) is 0.245. The number of hydrogen-bond donors (Lipinski definition) is 3. The van der Waals surface area contributed by atoms with Crippen LogP contribution in [0.4, 0.5) is 5.69 Å². The number of aliphatic carboxylic acids is 1. The molecule has 1 aliphatic rings. The molecule has 0 radical (unpaired) electrons. The van der Waals surface area contributed by atoms with Crippen LogP contribution in [0.25, 0.3) is 0 Å². The minimum atomic E-state index is -4.16. The first-order chi connectivity index (χ1) is 15.0. The first kappa shape index (κ1) is 23.3. The fourth-order valence-corrected chi connectivity index (χ4v) is 4.42. The Bertz CT molecular complexity index is 1310. The maximum atomic E-state index is 13.2. The van der Waals surface area contributed by atoms with Crippen LogP contribution in [0.3, 0.4) is 0 Å². The molecule has 0 unspecified atom stereocenters. The maximum Gasteiger partial charge on any atom is 0.333 e. The summed E-state index contributed by atoms with van der Waals surface area (Å²) in [6, 6.07) is 5.96. The Morgan fingerprint density at radius 2 is 1.84 bits per heavy atom. The van der Waals surface area contributed by atoms with Crippen LogP contribution in [0.1, 0.15) is 38.7 Å². The van der Waals surface area contributed by atoms with Crippen molar-refractivity contribution in [2.75, 3.05) is 5.32 Å². The van der Waals surface area contributed by atoms with Gasteiger partial charge >= 0.3 is 11.7 Å². The number of hydrogen-bond acceptors (Lipinski definition) is 7. The molecule has 12 heteroatoms. The number of benzene rings is 1. The van der Waals surface area contributed by atoms with Gasteiger partial charge in [0.2, 0.25) is 5.88 Å². The fourth-order valence-electron chi connectivity index (χ4n) is 3.29. The quantitative estimate of drug-likeness (QED) is 0.525.